The lowest BCUT2D eigenvalue weighted by molar-refractivity contribution is -0.122. The van der Waals surface area contributed by atoms with E-state index in [1.54, 1.807) is 41.3 Å². The van der Waals surface area contributed by atoms with Crippen LogP contribution in [-0.2, 0) is 16.0 Å². The number of hydrogen-bond acceptors (Lipinski definition) is 4. The summed E-state index contributed by atoms with van der Waals surface area (Å²) in [7, 11) is 0. The van der Waals surface area contributed by atoms with Gasteiger partial charge in [-0.1, -0.05) is 24.3 Å². The Kier molecular flexibility index (Phi) is 5.71. The third-order valence-electron chi connectivity index (χ3n) is 4.31. The van der Waals surface area contributed by atoms with Crippen LogP contribution in [0.25, 0.3) is 0 Å². The minimum atomic E-state index is -0.964. The Bertz CT molecular complexity index is 848. The first-order chi connectivity index (χ1) is 13.0. The van der Waals surface area contributed by atoms with Gasteiger partial charge in [0, 0.05) is 19.5 Å². The van der Waals surface area contributed by atoms with E-state index in [2.05, 4.69) is 5.32 Å². The molecule has 2 amide bonds. The van der Waals surface area contributed by atoms with Crippen LogP contribution in [0.3, 0.4) is 0 Å². The summed E-state index contributed by atoms with van der Waals surface area (Å²) in [6.45, 7) is 0.711. The number of fused-ring (bicyclic) bond motifs is 1. The van der Waals surface area contributed by atoms with Crippen LogP contribution >= 0.6 is 0 Å². The molecule has 0 fully saturated rings. The molecule has 1 heterocycles. The lowest BCUT2D eigenvalue weighted by Gasteiger charge is -2.29. The zero-order chi connectivity index (χ0) is 19.2. The molecule has 0 spiro atoms. The summed E-state index contributed by atoms with van der Waals surface area (Å²) < 4.78 is 5.38. The van der Waals surface area contributed by atoms with E-state index in [0.717, 1.165) is 5.56 Å². The van der Waals surface area contributed by atoms with Gasteiger partial charge >= 0.3 is 5.97 Å². The number of rotatable bonds is 7. The minimum absolute atomic E-state index is 0.0228. The summed E-state index contributed by atoms with van der Waals surface area (Å²) in [5.41, 5.74) is 1.86. The molecular formula is C20H20N2O5. The van der Waals surface area contributed by atoms with Gasteiger partial charge in [-0.3, -0.25) is 9.59 Å². The first kappa shape index (κ1) is 18.4. The van der Waals surface area contributed by atoms with Crippen LogP contribution in [0.4, 0.5) is 5.69 Å². The number of amides is 2. The van der Waals surface area contributed by atoms with E-state index in [4.69, 9.17) is 9.84 Å². The monoisotopic (exact) mass is 368 g/mol. The highest BCUT2D eigenvalue weighted by Gasteiger charge is 2.25. The van der Waals surface area contributed by atoms with Crippen LogP contribution in [0.5, 0.6) is 5.75 Å². The molecule has 0 aliphatic carbocycles. The van der Waals surface area contributed by atoms with Crippen molar-refractivity contribution in [1.82, 2.24) is 5.32 Å². The molecule has 0 saturated carbocycles. The molecule has 0 radical (unpaired) electrons. The molecule has 140 valence electrons. The van der Waals surface area contributed by atoms with Gasteiger partial charge < -0.3 is 20.1 Å². The third-order valence-corrected chi connectivity index (χ3v) is 4.31. The maximum absolute atomic E-state index is 12.1. The first-order valence-corrected chi connectivity index (χ1v) is 8.66. The molecule has 2 N–H and O–H groups in total. The summed E-state index contributed by atoms with van der Waals surface area (Å²) in [4.78, 5) is 36.5. The quantitative estimate of drug-likeness (QED) is 0.778. The van der Waals surface area contributed by atoms with E-state index in [0.29, 0.717) is 30.9 Å². The number of hydrogen-bond donors (Lipinski definition) is 2. The predicted octanol–water partition coefficient (Wildman–Crippen LogP) is 1.86. The first-order valence-electron chi connectivity index (χ1n) is 8.66. The lowest BCUT2D eigenvalue weighted by Crippen LogP contribution is -2.41. The average Bonchev–Trinajstić information content (AvgIpc) is 2.67. The van der Waals surface area contributed by atoms with E-state index in [1.807, 2.05) is 12.1 Å². The molecule has 27 heavy (non-hydrogen) atoms. The highest BCUT2D eigenvalue weighted by Crippen LogP contribution is 2.31. The SMILES string of the molecule is O=C(CCN1C(=O)COc2ccccc21)NCCc1ccc(C(=O)O)cc1. The Balaban J connectivity index is 1.46. The zero-order valence-corrected chi connectivity index (χ0v) is 14.7. The number of anilines is 1. The number of carbonyl (C=O) groups excluding carboxylic acids is 2. The van der Waals surface area contributed by atoms with E-state index >= 15 is 0 Å². The molecule has 7 nitrogen and oxygen atoms in total. The van der Waals surface area contributed by atoms with Gasteiger partial charge in [-0.05, 0) is 36.2 Å². The van der Waals surface area contributed by atoms with Gasteiger partial charge in [-0.15, -0.1) is 0 Å². The third kappa shape index (κ3) is 4.63. The molecule has 0 unspecified atom stereocenters. The molecule has 2 aromatic rings. The smallest absolute Gasteiger partial charge is 0.335 e. The fraction of sp³-hybridized carbons (Fsp3) is 0.250. The Hall–Kier alpha value is -3.35. The molecule has 0 bridgehead atoms. The molecule has 0 aromatic heterocycles. The Morgan fingerprint density at radius 3 is 2.59 bits per heavy atom. The molecule has 2 aromatic carbocycles. The maximum atomic E-state index is 12.1. The number of nitrogens with one attached hydrogen (secondary N) is 1. The molecular weight excluding hydrogens is 348 g/mol. The molecule has 7 heteroatoms. The summed E-state index contributed by atoms with van der Waals surface area (Å²) >= 11 is 0. The Labute approximate surface area is 156 Å². The van der Waals surface area contributed by atoms with Gasteiger partial charge in [-0.2, -0.15) is 0 Å². The molecule has 1 aliphatic heterocycles. The van der Waals surface area contributed by atoms with Crippen molar-refractivity contribution in [3.05, 3.63) is 59.7 Å². The van der Waals surface area contributed by atoms with Crippen LogP contribution in [0.15, 0.2) is 48.5 Å². The van der Waals surface area contributed by atoms with E-state index in [1.165, 1.54) is 0 Å². The van der Waals surface area contributed by atoms with Crippen molar-refractivity contribution < 1.29 is 24.2 Å². The van der Waals surface area contributed by atoms with Crippen molar-refractivity contribution >= 4 is 23.5 Å². The second-order valence-electron chi connectivity index (χ2n) is 6.15. The predicted molar refractivity (Wildman–Crippen MR) is 99.0 cm³/mol. The maximum Gasteiger partial charge on any atom is 0.335 e. The average molecular weight is 368 g/mol. The summed E-state index contributed by atoms with van der Waals surface area (Å²) in [6.07, 6.45) is 0.795. The summed E-state index contributed by atoms with van der Waals surface area (Å²) in [5.74, 6) is -0.634. The second-order valence-corrected chi connectivity index (χ2v) is 6.15. The Morgan fingerprint density at radius 2 is 1.85 bits per heavy atom. The van der Waals surface area contributed by atoms with Crippen molar-refractivity contribution in [2.24, 2.45) is 0 Å². The summed E-state index contributed by atoms with van der Waals surface area (Å²) in [5, 5.41) is 11.7. The van der Waals surface area contributed by atoms with E-state index in [9.17, 15) is 14.4 Å². The van der Waals surface area contributed by atoms with Gasteiger partial charge in [0.25, 0.3) is 5.91 Å². The number of benzene rings is 2. The van der Waals surface area contributed by atoms with Crippen LogP contribution < -0.4 is 15.0 Å². The van der Waals surface area contributed by atoms with Crippen molar-refractivity contribution in [3.63, 3.8) is 0 Å². The molecule has 0 saturated heterocycles. The van der Waals surface area contributed by atoms with Crippen LogP contribution in [0.2, 0.25) is 0 Å². The lowest BCUT2D eigenvalue weighted by atomic mass is 10.1. The van der Waals surface area contributed by atoms with Crippen LogP contribution in [-0.4, -0.2) is 42.6 Å². The van der Waals surface area contributed by atoms with Crippen molar-refractivity contribution in [3.8, 4) is 5.75 Å². The topological polar surface area (TPSA) is 95.9 Å². The van der Waals surface area contributed by atoms with E-state index < -0.39 is 5.97 Å². The molecule has 3 rings (SSSR count). The molecule has 0 atom stereocenters. The standard InChI is InChI=1S/C20H20N2O5/c23-18(21-11-9-14-5-7-15(8-6-14)20(25)26)10-12-22-16-3-1-2-4-17(16)27-13-19(22)24/h1-8H,9-13H2,(H,21,23)(H,25,26). The van der Waals surface area contributed by atoms with E-state index in [-0.39, 0.29) is 30.4 Å². The largest absolute Gasteiger partial charge is 0.482 e. The normalized spacial score (nSPS) is 12.9. The van der Waals surface area contributed by atoms with Crippen molar-refractivity contribution in [1.29, 1.82) is 0 Å². The van der Waals surface area contributed by atoms with Crippen LogP contribution in [0, 0.1) is 0 Å². The number of aromatic carboxylic acids is 1. The number of carboxylic acid groups (broad SMARTS) is 1. The van der Waals surface area contributed by atoms with Gasteiger partial charge in [-0.25, -0.2) is 4.79 Å². The number of para-hydroxylation sites is 2. The highest BCUT2D eigenvalue weighted by atomic mass is 16.5. The van der Waals surface area contributed by atoms with Crippen LogP contribution in [0.1, 0.15) is 22.3 Å². The number of carbonyl (C=O) groups is 3. The summed E-state index contributed by atoms with van der Waals surface area (Å²) in [6, 6.07) is 13.8. The number of carboxylic acids is 1. The minimum Gasteiger partial charge on any atom is -0.482 e. The van der Waals surface area contributed by atoms with Gasteiger partial charge in [0.15, 0.2) is 6.61 Å². The fourth-order valence-corrected chi connectivity index (χ4v) is 2.86. The van der Waals surface area contributed by atoms with Gasteiger partial charge in [0.05, 0.1) is 11.3 Å². The number of ether oxygens (including phenoxy) is 1. The van der Waals surface area contributed by atoms with Crippen molar-refractivity contribution in [2.75, 3.05) is 24.6 Å². The zero-order valence-electron chi connectivity index (χ0n) is 14.7. The second kappa shape index (κ2) is 8.35. The Morgan fingerprint density at radius 1 is 1.11 bits per heavy atom. The fourth-order valence-electron chi connectivity index (χ4n) is 2.86. The van der Waals surface area contributed by atoms with Gasteiger partial charge in [0.1, 0.15) is 5.75 Å². The number of nitrogens with zero attached hydrogens (tertiary/aromatic N) is 1. The van der Waals surface area contributed by atoms with Gasteiger partial charge in [0.2, 0.25) is 5.91 Å². The molecule has 1 aliphatic rings. The van der Waals surface area contributed by atoms with Crippen molar-refractivity contribution in [2.45, 2.75) is 12.8 Å². The highest BCUT2D eigenvalue weighted by molar-refractivity contribution is 5.98.